The highest BCUT2D eigenvalue weighted by molar-refractivity contribution is 7.22. The normalized spacial score (nSPS) is 24.6. The average Bonchev–Trinajstić information content (AvgIpc) is 3.45. The molecule has 162 valence electrons. The van der Waals surface area contributed by atoms with Crippen molar-refractivity contribution in [1.29, 1.82) is 0 Å². The number of unbranched alkanes of at least 4 members (excludes halogenated alkanes) is 2. The zero-order valence-corrected chi connectivity index (χ0v) is 18.8. The van der Waals surface area contributed by atoms with Crippen LogP contribution in [0.4, 0.5) is 9.93 Å². The fourth-order valence-electron chi connectivity index (χ4n) is 5.36. The molecule has 2 fully saturated rings. The van der Waals surface area contributed by atoms with Crippen molar-refractivity contribution in [2.75, 3.05) is 24.6 Å². The van der Waals surface area contributed by atoms with Gasteiger partial charge in [-0.15, -0.1) is 0 Å². The van der Waals surface area contributed by atoms with Crippen molar-refractivity contribution in [3.8, 4) is 5.75 Å². The van der Waals surface area contributed by atoms with E-state index in [-0.39, 0.29) is 18.1 Å². The average molecular weight is 429 g/mol. The molecule has 0 bridgehead atoms. The van der Waals surface area contributed by atoms with Crippen LogP contribution in [0.3, 0.4) is 0 Å². The van der Waals surface area contributed by atoms with Crippen molar-refractivity contribution in [1.82, 2.24) is 15.2 Å². The Labute approximate surface area is 182 Å². The number of hydrogen-bond acceptors (Lipinski definition) is 5. The van der Waals surface area contributed by atoms with E-state index >= 15 is 0 Å². The van der Waals surface area contributed by atoms with Crippen LogP contribution in [0.5, 0.6) is 5.75 Å². The number of benzene rings is 1. The van der Waals surface area contributed by atoms with Crippen molar-refractivity contribution < 1.29 is 9.53 Å². The topological polar surface area (TPSA) is 57.7 Å². The predicted octanol–water partition coefficient (Wildman–Crippen LogP) is 4.56. The maximum Gasteiger partial charge on any atom is 0.324 e. The van der Waals surface area contributed by atoms with E-state index in [2.05, 4.69) is 30.1 Å². The summed E-state index contributed by atoms with van der Waals surface area (Å²) >= 11 is 1.63. The van der Waals surface area contributed by atoms with Crippen molar-refractivity contribution in [2.45, 2.75) is 76.9 Å². The molecule has 3 aliphatic rings. The molecule has 7 heteroatoms. The van der Waals surface area contributed by atoms with Crippen molar-refractivity contribution in [3.63, 3.8) is 0 Å². The third-order valence-corrected chi connectivity index (χ3v) is 8.05. The highest BCUT2D eigenvalue weighted by Crippen LogP contribution is 2.39. The lowest BCUT2D eigenvalue weighted by Crippen LogP contribution is -2.54. The second-order valence-corrected chi connectivity index (χ2v) is 9.83. The van der Waals surface area contributed by atoms with E-state index in [1.165, 1.54) is 37.7 Å². The molecule has 6 nitrogen and oxygen atoms in total. The number of thiazole rings is 1. The van der Waals surface area contributed by atoms with Gasteiger partial charge in [0.05, 0.1) is 28.9 Å². The first kappa shape index (κ1) is 20.1. The summed E-state index contributed by atoms with van der Waals surface area (Å²) in [6.07, 6.45) is 8.22. The summed E-state index contributed by atoms with van der Waals surface area (Å²) < 4.78 is 6.85. The number of anilines is 1. The molecule has 0 aliphatic carbocycles. The molecule has 0 saturated carbocycles. The Bertz CT molecular complexity index is 929. The fraction of sp³-hybridized carbons (Fsp3) is 0.652. The number of nitrogens with zero attached hydrogens (tertiary/aromatic N) is 3. The zero-order chi connectivity index (χ0) is 20.7. The van der Waals surface area contributed by atoms with Gasteiger partial charge in [-0.2, -0.15) is 0 Å². The van der Waals surface area contributed by atoms with Gasteiger partial charge in [-0.25, -0.2) is 9.78 Å². The summed E-state index contributed by atoms with van der Waals surface area (Å²) in [4.78, 5) is 22.5. The van der Waals surface area contributed by atoms with Crippen LogP contribution in [0.25, 0.3) is 10.2 Å². The van der Waals surface area contributed by atoms with Crippen molar-refractivity contribution in [3.05, 3.63) is 17.7 Å². The van der Waals surface area contributed by atoms with Crippen LogP contribution >= 0.6 is 11.3 Å². The molecule has 2 amide bonds. The minimum atomic E-state index is 0.0119. The van der Waals surface area contributed by atoms with E-state index in [0.717, 1.165) is 53.6 Å². The molecular weight excluding hydrogens is 396 g/mol. The molecule has 3 aliphatic heterocycles. The van der Waals surface area contributed by atoms with Gasteiger partial charge in [0.1, 0.15) is 5.75 Å². The molecule has 0 spiro atoms. The van der Waals surface area contributed by atoms with E-state index in [4.69, 9.17) is 9.72 Å². The number of amides is 2. The van der Waals surface area contributed by atoms with E-state index in [9.17, 15) is 4.79 Å². The number of likely N-dealkylation sites (tertiary alicyclic amines) is 1. The fourth-order valence-corrected chi connectivity index (χ4v) is 6.41. The Balaban J connectivity index is 1.39. The molecule has 30 heavy (non-hydrogen) atoms. The first-order valence-corrected chi connectivity index (χ1v) is 12.4. The SMILES string of the molecule is CCCCCC(CC)N1CC[C@@H]2NC(=O)N(c3nc4c5c(ccc4s3)OCC5)[C@@H]2C1. The third kappa shape index (κ3) is 3.46. The highest BCUT2D eigenvalue weighted by Gasteiger charge is 2.45. The van der Waals surface area contributed by atoms with Gasteiger partial charge in [-0.05, 0) is 31.4 Å². The van der Waals surface area contributed by atoms with E-state index in [0.29, 0.717) is 6.04 Å². The summed E-state index contributed by atoms with van der Waals surface area (Å²) in [6, 6.07) is 5.15. The minimum Gasteiger partial charge on any atom is -0.493 e. The van der Waals surface area contributed by atoms with Crippen molar-refractivity contribution in [2.24, 2.45) is 0 Å². The summed E-state index contributed by atoms with van der Waals surface area (Å²) in [5, 5.41) is 4.06. The molecule has 1 aromatic carbocycles. The van der Waals surface area contributed by atoms with E-state index in [1.807, 2.05) is 11.0 Å². The maximum atomic E-state index is 12.9. The Kier molecular flexibility index (Phi) is 5.58. The number of nitrogens with one attached hydrogen (secondary N) is 1. The van der Waals surface area contributed by atoms with Crippen LogP contribution in [0.15, 0.2) is 12.1 Å². The Hall–Kier alpha value is -1.86. The van der Waals surface area contributed by atoms with Gasteiger partial charge in [0, 0.05) is 31.1 Å². The number of ether oxygens (including phenoxy) is 1. The second-order valence-electron chi connectivity index (χ2n) is 8.82. The maximum absolute atomic E-state index is 12.9. The van der Waals surface area contributed by atoms with Gasteiger partial charge in [0.25, 0.3) is 0 Å². The number of fused-ring (bicyclic) bond motifs is 4. The number of carbonyl (C=O) groups is 1. The van der Waals surface area contributed by atoms with Crippen LogP contribution in [0, 0.1) is 0 Å². The number of carbonyl (C=O) groups excluding carboxylic acids is 1. The molecule has 0 radical (unpaired) electrons. The highest BCUT2D eigenvalue weighted by atomic mass is 32.1. The summed E-state index contributed by atoms with van der Waals surface area (Å²) in [5.74, 6) is 0.949. The molecule has 1 aromatic heterocycles. The van der Waals surface area contributed by atoms with Crippen LogP contribution in [0.1, 0.15) is 57.9 Å². The Morgan fingerprint density at radius 2 is 2.23 bits per heavy atom. The number of hydrogen-bond donors (Lipinski definition) is 1. The Morgan fingerprint density at radius 3 is 3.07 bits per heavy atom. The standard InChI is InChI=1S/C23H32N4O2S/c1-3-5-6-7-15(4-2)26-12-10-17-18(14-26)27(22(28)24-17)23-25-21-16-11-13-29-19(16)8-9-20(21)30-23/h8-9,15,17-18H,3-7,10-14H2,1-2H3,(H,24,28)/t15?,17-,18+/m0/s1. The zero-order valence-electron chi connectivity index (χ0n) is 18.0. The van der Waals surface area contributed by atoms with Gasteiger partial charge < -0.3 is 10.1 Å². The number of aromatic nitrogens is 1. The lowest BCUT2D eigenvalue weighted by molar-refractivity contribution is 0.128. The molecule has 2 saturated heterocycles. The number of piperidine rings is 1. The summed E-state index contributed by atoms with van der Waals surface area (Å²) in [6.45, 7) is 7.30. The van der Waals surface area contributed by atoms with Crippen LogP contribution in [0.2, 0.25) is 0 Å². The van der Waals surface area contributed by atoms with Crippen LogP contribution in [-0.4, -0.2) is 53.7 Å². The van der Waals surface area contributed by atoms with Gasteiger partial charge in [-0.1, -0.05) is 44.4 Å². The molecular formula is C23H32N4O2S. The van der Waals surface area contributed by atoms with E-state index < -0.39 is 0 Å². The molecule has 2 aromatic rings. The van der Waals surface area contributed by atoms with Gasteiger partial charge in [0.2, 0.25) is 0 Å². The lowest BCUT2D eigenvalue weighted by Gasteiger charge is -2.40. The molecule has 5 rings (SSSR count). The minimum absolute atomic E-state index is 0.0119. The van der Waals surface area contributed by atoms with Gasteiger partial charge in [0.15, 0.2) is 5.13 Å². The predicted molar refractivity (Wildman–Crippen MR) is 122 cm³/mol. The van der Waals surface area contributed by atoms with Crippen molar-refractivity contribution >= 4 is 32.7 Å². The number of rotatable bonds is 7. The molecule has 1 N–H and O–H groups in total. The third-order valence-electron chi connectivity index (χ3n) is 7.03. The number of urea groups is 1. The van der Waals surface area contributed by atoms with Crippen LogP contribution in [-0.2, 0) is 6.42 Å². The Morgan fingerprint density at radius 1 is 1.33 bits per heavy atom. The molecule has 4 heterocycles. The summed E-state index contributed by atoms with van der Waals surface area (Å²) in [7, 11) is 0. The molecule has 1 unspecified atom stereocenters. The first-order chi connectivity index (χ1) is 14.7. The second kappa shape index (κ2) is 8.35. The van der Waals surface area contributed by atoms with Gasteiger partial charge >= 0.3 is 6.03 Å². The largest absolute Gasteiger partial charge is 0.493 e. The van der Waals surface area contributed by atoms with Gasteiger partial charge in [-0.3, -0.25) is 9.80 Å². The monoisotopic (exact) mass is 428 g/mol. The lowest BCUT2D eigenvalue weighted by atomic mass is 9.96. The van der Waals surface area contributed by atoms with E-state index in [1.54, 1.807) is 11.3 Å². The molecule has 3 atom stereocenters. The smallest absolute Gasteiger partial charge is 0.324 e. The van der Waals surface area contributed by atoms with Crippen LogP contribution < -0.4 is 15.0 Å². The quantitative estimate of drug-likeness (QED) is 0.657. The first-order valence-electron chi connectivity index (χ1n) is 11.6. The summed E-state index contributed by atoms with van der Waals surface area (Å²) in [5.41, 5.74) is 2.21.